The van der Waals surface area contributed by atoms with Crippen molar-refractivity contribution in [2.45, 2.75) is 78.2 Å². The maximum Gasteiger partial charge on any atom is 0.222 e. The van der Waals surface area contributed by atoms with Crippen molar-refractivity contribution in [3.63, 3.8) is 0 Å². The van der Waals surface area contributed by atoms with Crippen LogP contribution in [0.4, 0.5) is 14.5 Å². The molecule has 0 saturated heterocycles. The summed E-state index contributed by atoms with van der Waals surface area (Å²) in [6, 6.07) is 4.63. The number of anilines is 1. The Morgan fingerprint density at radius 3 is 2.44 bits per heavy atom. The first-order chi connectivity index (χ1) is 11.4. The molecule has 0 heterocycles. The van der Waals surface area contributed by atoms with Gasteiger partial charge in [-0.2, -0.15) is 0 Å². The topological polar surface area (TPSA) is 20.3 Å². The monoisotopic (exact) mass is 384 g/mol. The first-order valence-electron chi connectivity index (χ1n) is 9.08. The van der Waals surface area contributed by atoms with E-state index in [-0.39, 0.29) is 39.4 Å². The van der Waals surface area contributed by atoms with Gasteiger partial charge < -0.3 is 4.90 Å². The van der Waals surface area contributed by atoms with Crippen molar-refractivity contribution in [1.29, 1.82) is 0 Å². The fourth-order valence-electron chi connectivity index (χ4n) is 3.48. The molecule has 0 unspecified atom stereocenters. The second kappa shape index (κ2) is 9.82. The van der Waals surface area contributed by atoms with Crippen LogP contribution < -0.4 is 4.90 Å². The van der Waals surface area contributed by atoms with Crippen molar-refractivity contribution >= 4 is 11.6 Å². The van der Waals surface area contributed by atoms with Crippen molar-refractivity contribution < 1.29 is 35.3 Å². The van der Waals surface area contributed by atoms with E-state index >= 15 is 0 Å². The summed E-state index contributed by atoms with van der Waals surface area (Å²) in [7, 11) is 0. The summed E-state index contributed by atoms with van der Waals surface area (Å²) in [5.41, 5.74) is -0.397. The van der Waals surface area contributed by atoms with Crippen LogP contribution in [0.3, 0.4) is 0 Å². The molecular weight excluding hydrogens is 356 g/mol. The largest absolute Gasteiger partial charge is 0.360 e. The number of unbranched alkanes of at least 4 members (excludes halogenated alkanes) is 1. The summed E-state index contributed by atoms with van der Waals surface area (Å²) in [5.74, 6) is -1.58. The summed E-state index contributed by atoms with van der Waals surface area (Å²) in [6.07, 6.45) is 7.69. The first kappa shape index (κ1) is 22.3. The molecular formula is C20H28F2NOTi-. The quantitative estimate of drug-likeness (QED) is 0.459. The first-order valence-corrected chi connectivity index (χ1v) is 9.08. The zero-order chi connectivity index (χ0) is 17.7. The number of nitrogens with zero attached hydrogens (tertiary/aromatic N) is 1. The van der Waals surface area contributed by atoms with Crippen LogP contribution in [0, 0.1) is 23.1 Å². The van der Waals surface area contributed by atoms with Crippen LogP contribution in [0.5, 0.6) is 0 Å². The minimum absolute atomic E-state index is 0. The van der Waals surface area contributed by atoms with Crippen LogP contribution in [0.15, 0.2) is 12.1 Å². The maximum absolute atomic E-state index is 14.4. The molecule has 1 aromatic rings. The average Bonchev–Trinajstić information content (AvgIpc) is 2.56. The number of amides is 1. The molecule has 0 radical (unpaired) electrons. The number of hydrogen-bond donors (Lipinski definition) is 0. The number of hydrogen-bond acceptors (Lipinski definition) is 1. The Labute approximate surface area is 165 Å². The second-order valence-electron chi connectivity index (χ2n) is 7.46. The third kappa shape index (κ3) is 5.62. The average molecular weight is 384 g/mol. The van der Waals surface area contributed by atoms with Gasteiger partial charge in [0.25, 0.3) is 0 Å². The zero-order valence-electron chi connectivity index (χ0n) is 15.5. The fraction of sp³-hybridized carbons (Fsp3) is 0.650. The Balaban J connectivity index is 0.00000312. The van der Waals surface area contributed by atoms with E-state index in [1.165, 1.54) is 12.1 Å². The van der Waals surface area contributed by atoms with Gasteiger partial charge in [-0.1, -0.05) is 52.9 Å². The van der Waals surface area contributed by atoms with E-state index in [2.05, 4.69) is 13.0 Å². The number of rotatable bonds is 6. The molecule has 0 atom stereocenters. The molecule has 0 aromatic heterocycles. The fourth-order valence-corrected chi connectivity index (χ4v) is 3.48. The molecule has 138 valence electrons. The second-order valence-corrected chi connectivity index (χ2v) is 7.46. The molecule has 25 heavy (non-hydrogen) atoms. The maximum atomic E-state index is 14.4. The van der Waals surface area contributed by atoms with E-state index < -0.39 is 17.0 Å². The Hall–Kier alpha value is -0.736. The smallest absolute Gasteiger partial charge is 0.222 e. The molecule has 2 rings (SSSR count). The van der Waals surface area contributed by atoms with Gasteiger partial charge in [-0.15, -0.1) is 18.2 Å². The molecule has 0 spiro atoms. The van der Waals surface area contributed by atoms with Gasteiger partial charge in [-0.25, -0.2) is 8.78 Å². The van der Waals surface area contributed by atoms with E-state index in [0.717, 1.165) is 51.4 Å². The number of benzene rings is 1. The normalized spacial score (nSPS) is 15.6. The van der Waals surface area contributed by atoms with Crippen LogP contribution in [-0.4, -0.2) is 11.9 Å². The van der Waals surface area contributed by atoms with Crippen LogP contribution >= 0.6 is 0 Å². The van der Waals surface area contributed by atoms with Crippen molar-refractivity contribution in [2.75, 3.05) is 4.90 Å². The van der Waals surface area contributed by atoms with Crippen molar-refractivity contribution in [1.82, 2.24) is 0 Å². The van der Waals surface area contributed by atoms with Gasteiger partial charge in [0.2, 0.25) is 5.91 Å². The molecule has 1 amide bonds. The van der Waals surface area contributed by atoms with Crippen LogP contribution in [0.25, 0.3) is 0 Å². The molecule has 0 aliphatic heterocycles. The predicted octanol–water partition coefficient (Wildman–Crippen LogP) is 5.64. The molecule has 1 aromatic carbocycles. The molecule has 0 N–H and O–H groups in total. The summed E-state index contributed by atoms with van der Waals surface area (Å²) < 4.78 is 27.6. The molecule has 0 bridgehead atoms. The van der Waals surface area contributed by atoms with Gasteiger partial charge in [0.05, 0.1) is 0 Å². The molecule has 1 saturated carbocycles. The zero-order valence-corrected chi connectivity index (χ0v) is 17.1. The van der Waals surface area contributed by atoms with Crippen LogP contribution in [-0.2, 0) is 26.5 Å². The third-order valence-corrected chi connectivity index (χ3v) is 4.99. The van der Waals surface area contributed by atoms with E-state index in [4.69, 9.17) is 0 Å². The Bertz CT molecular complexity index is 571. The molecule has 5 heteroatoms. The predicted molar refractivity (Wildman–Crippen MR) is 92.9 cm³/mol. The minimum Gasteiger partial charge on any atom is -0.360 e. The summed E-state index contributed by atoms with van der Waals surface area (Å²) in [4.78, 5) is 14.9. The van der Waals surface area contributed by atoms with E-state index in [9.17, 15) is 13.6 Å². The van der Waals surface area contributed by atoms with E-state index in [1.54, 1.807) is 4.90 Å². The summed E-state index contributed by atoms with van der Waals surface area (Å²) in [6.45, 7) is 5.94. The standard InChI is InChI=1S/C20H28F2NO.Ti/c1-4-5-13-20(2,3)19(24)23(16-9-7-6-8-10-16)18-12-11-15(21)14-17(18)22;/h11-12,16H,4-10,13H2,1-3H3;/q-1;. The molecule has 1 fully saturated rings. The van der Waals surface area contributed by atoms with Crippen molar-refractivity contribution in [3.05, 3.63) is 29.8 Å². The summed E-state index contributed by atoms with van der Waals surface area (Å²) in [5, 5.41) is 0. The number of carbonyl (C=O) groups excluding carboxylic acids is 1. The van der Waals surface area contributed by atoms with E-state index in [0.29, 0.717) is 0 Å². The van der Waals surface area contributed by atoms with Crippen LogP contribution in [0.2, 0.25) is 0 Å². The Kier molecular flexibility index (Phi) is 8.76. The molecule has 1 aliphatic carbocycles. The molecule has 2 nitrogen and oxygen atoms in total. The number of carbonyl (C=O) groups is 1. The van der Waals surface area contributed by atoms with E-state index in [1.807, 2.05) is 13.8 Å². The van der Waals surface area contributed by atoms with Crippen molar-refractivity contribution in [2.24, 2.45) is 5.41 Å². The van der Waals surface area contributed by atoms with Gasteiger partial charge in [0, 0.05) is 44.8 Å². The molecule has 1 aliphatic rings. The van der Waals surface area contributed by atoms with Gasteiger partial charge >= 0.3 is 0 Å². The van der Waals surface area contributed by atoms with Crippen LogP contribution in [0.1, 0.15) is 72.1 Å². The summed E-state index contributed by atoms with van der Waals surface area (Å²) >= 11 is 0. The Morgan fingerprint density at radius 2 is 1.88 bits per heavy atom. The van der Waals surface area contributed by atoms with Gasteiger partial charge in [-0.05, 0) is 24.9 Å². The third-order valence-electron chi connectivity index (χ3n) is 4.99. The van der Waals surface area contributed by atoms with Gasteiger partial charge in [0.1, 0.15) is 0 Å². The SMILES string of the molecule is CCCCC(C)(C)C(=O)N(c1ccc(F)[c-]c1F)C1CCCCC1.[Ti]. The van der Waals surface area contributed by atoms with Crippen molar-refractivity contribution in [3.8, 4) is 0 Å². The minimum atomic E-state index is -0.778. The van der Waals surface area contributed by atoms with Gasteiger partial charge in [-0.3, -0.25) is 4.79 Å². The van der Waals surface area contributed by atoms with Gasteiger partial charge in [0.15, 0.2) is 0 Å². The number of halogens is 2. The Morgan fingerprint density at radius 1 is 1.24 bits per heavy atom.